The highest BCUT2D eigenvalue weighted by molar-refractivity contribution is 8.00. The first-order chi connectivity index (χ1) is 9.85. The smallest absolute Gasteiger partial charge is 0.328 e. The Balaban J connectivity index is 2.05. The topological polar surface area (TPSA) is 101 Å². The summed E-state index contributed by atoms with van der Waals surface area (Å²) in [5.41, 5.74) is -0.943. The molecule has 2 rings (SSSR count). The summed E-state index contributed by atoms with van der Waals surface area (Å²) in [4.78, 5) is 38.8. The Morgan fingerprint density at radius 2 is 2.29 bits per heavy atom. The minimum Gasteiger partial charge on any atom is -0.480 e. The number of carboxylic acids is 1. The zero-order chi connectivity index (χ0) is 15.6. The highest BCUT2D eigenvalue weighted by Crippen LogP contribution is 2.24. The largest absolute Gasteiger partial charge is 0.480 e. The van der Waals surface area contributed by atoms with E-state index < -0.39 is 17.4 Å². The summed E-state index contributed by atoms with van der Waals surface area (Å²) >= 11 is 2.49. The van der Waals surface area contributed by atoms with Crippen LogP contribution in [0.2, 0.25) is 0 Å². The first-order valence-electron chi connectivity index (χ1n) is 5.93. The second kappa shape index (κ2) is 5.86. The van der Waals surface area contributed by atoms with Gasteiger partial charge in [-0.2, -0.15) is 0 Å². The Hall–Kier alpha value is -1.87. The predicted octanol–water partition coefficient (Wildman–Crippen LogP) is 1.28. The van der Waals surface area contributed by atoms with Crippen molar-refractivity contribution < 1.29 is 19.5 Å². The van der Waals surface area contributed by atoms with Gasteiger partial charge in [-0.1, -0.05) is 11.8 Å². The van der Waals surface area contributed by atoms with Crippen LogP contribution in [0.3, 0.4) is 0 Å². The highest BCUT2D eigenvalue weighted by atomic mass is 32.2. The van der Waals surface area contributed by atoms with Crippen LogP contribution in [0.5, 0.6) is 0 Å². The number of fused-ring (bicyclic) bond motifs is 1. The molecule has 0 saturated carbocycles. The SMILES string of the molecule is CC(C)(NC(=O)CSc1nc2sccn2c1C=O)C(=O)O. The molecule has 0 bridgehead atoms. The van der Waals surface area contributed by atoms with Gasteiger partial charge in [0.1, 0.15) is 16.3 Å². The van der Waals surface area contributed by atoms with E-state index in [1.165, 1.54) is 25.2 Å². The van der Waals surface area contributed by atoms with Crippen LogP contribution in [-0.2, 0) is 9.59 Å². The van der Waals surface area contributed by atoms with E-state index in [1.807, 2.05) is 5.38 Å². The van der Waals surface area contributed by atoms with Crippen LogP contribution in [0, 0.1) is 0 Å². The zero-order valence-corrected chi connectivity index (χ0v) is 13.0. The average molecular weight is 327 g/mol. The number of aliphatic carboxylic acids is 1. The summed E-state index contributed by atoms with van der Waals surface area (Å²) in [6, 6.07) is 0. The highest BCUT2D eigenvalue weighted by Gasteiger charge is 2.29. The van der Waals surface area contributed by atoms with Crippen LogP contribution in [0.1, 0.15) is 24.3 Å². The lowest BCUT2D eigenvalue weighted by Gasteiger charge is -2.20. The summed E-state index contributed by atoms with van der Waals surface area (Å²) in [6.07, 6.45) is 2.42. The summed E-state index contributed by atoms with van der Waals surface area (Å²) < 4.78 is 1.65. The van der Waals surface area contributed by atoms with E-state index >= 15 is 0 Å². The van der Waals surface area contributed by atoms with Crippen molar-refractivity contribution in [1.82, 2.24) is 14.7 Å². The molecule has 0 aliphatic heterocycles. The molecule has 0 unspecified atom stereocenters. The van der Waals surface area contributed by atoms with E-state index in [4.69, 9.17) is 5.11 Å². The van der Waals surface area contributed by atoms with Gasteiger partial charge >= 0.3 is 5.97 Å². The number of carbonyl (C=O) groups is 3. The summed E-state index contributed by atoms with van der Waals surface area (Å²) in [5.74, 6) is -1.56. The molecular weight excluding hydrogens is 314 g/mol. The summed E-state index contributed by atoms with van der Waals surface area (Å²) in [5, 5.41) is 13.6. The van der Waals surface area contributed by atoms with Crippen LogP contribution in [-0.4, -0.2) is 43.9 Å². The van der Waals surface area contributed by atoms with Gasteiger partial charge in [-0.05, 0) is 13.8 Å². The van der Waals surface area contributed by atoms with Gasteiger partial charge in [0.15, 0.2) is 11.2 Å². The number of carbonyl (C=O) groups excluding carboxylic acids is 2. The summed E-state index contributed by atoms with van der Waals surface area (Å²) in [7, 11) is 0. The van der Waals surface area contributed by atoms with Gasteiger partial charge in [-0.25, -0.2) is 9.78 Å². The molecule has 9 heteroatoms. The molecule has 2 aromatic rings. The maximum Gasteiger partial charge on any atom is 0.328 e. The number of amides is 1. The number of imidazole rings is 1. The van der Waals surface area contributed by atoms with Gasteiger partial charge in [0, 0.05) is 11.6 Å². The van der Waals surface area contributed by atoms with Crippen molar-refractivity contribution in [3.63, 3.8) is 0 Å². The molecule has 2 N–H and O–H groups in total. The standard InChI is InChI=1S/C12H13N3O4S2/c1-12(2,10(18)19)14-8(17)6-21-9-7(5-16)15-3-4-20-11(15)13-9/h3-5H,6H2,1-2H3,(H,14,17)(H,18,19). The number of nitrogens with one attached hydrogen (secondary N) is 1. The van der Waals surface area contributed by atoms with Crippen LogP contribution in [0.4, 0.5) is 0 Å². The van der Waals surface area contributed by atoms with E-state index in [0.717, 1.165) is 11.8 Å². The Morgan fingerprint density at radius 1 is 1.57 bits per heavy atom. The van der Waals surface area contributed by atoms with Gasteiger partial charge in [-0.3, -0.25) is 14.0 Å². The fraction of sp³-hybridized carbons (Fsp3) is 0.333. The number of thioether (sulfide) groups is 1. The molecule has 112 valence electrons. The van der Waals surface area contributed by atoms with Crippen molar-refractivity contribution in [3.8, 4) is 0 Å². The molecule has 7 nitrogen and oxygen atoms in total. The Labute approximate surface area is 128 Å². The van der Waals surface area contributed by atoms with E-state index in [9.17, 15) is 14.4 Å². The van der Waals surface area contributed by atoms with E-state index in [2.05, 4.69) is 10.3 Å². The van der Waals surface area contributed by atoms with Crippen molar-refractivity contribution in [3.05, 3.63) is 17.3 Å². The molecule has 0 saturated heterocycles. The molecule has 0 fully saturated rings. The third-order valence-electron chi connectivity index (χ3n) is 2.70. The lowest BCUT2D eigenvalue weighted by Crippen LogP contribution is -2.50. The van der Waals surface area contributed by atoms with Gasteiger partial charge < -0.3 is 10.4 Å². The van der Waals surface area contributed by atoms with Gasteiger partial charge in [0.05, 0.1) is 5.75 Å². The number of hydrogen-bond acceptors (Lipinski definition) is 6. The van der Waals surface area contributed by atoms with Crippen molar-refractivity contribution in [2.24, 2.45) is 0 Å². The van der Waals surface area contributed by atoms with Crippen molar-refractivity contribution >= 4 is 46.2 Å². The predicted molar refractivity (Wildman–Crippen MR) is 79.0 cm³/mol. The Bertz CT molecular complexity index is 704. The van der Waals surface area contributed by atoms with Gasteiger partial charge in [0.2, 0.25) is 5.91 Å². The zero-order valence-electron chi connectivity index (χ0n) is 11.3. The minimum atomic E-state index is -1.33. The van der Waals surface area contributed by atoms with Gasteiger partial charge in [-0.15, -0.1) is 11.3 Å². The van der Waals surface area contributed by atoms with Gasteiger partial charge in [0.25, 0.3) is 0 Å². The number of hydrogen-bond donors (Lipinski definition) is 2. The molecule has 0 spiro atoms. The monoisotopic (exact) mass is 327 g/mol. The number of aldehydes is 1. The molecule has 0 aliphatic carbocycles. The number of thiazole rings is 1. The third-order valence-corrected chi connectivity index (χ3v) is 4.44. The van der Waals surface area contributed by atoms with Crippen molar-refractivity contribution in [2.45, 2.75) is 24.4 Å². The molecule has 0 atom stereocenters. The number of rotatable bonds is 6. The first-order valence-corrected chi connectivity index (χ1v) is 7.79. The maximum atomic E-state index is 11.8. The molecule has 0 radical (unpaired) electrons. The lowest BCUT2D eigenvalue weighted by atomic mass is 10.1. The Kier molecular flexibility index (Phi) is 4.33. The fourth-order valence-corrected chi connectivity index (χ4v) is 3.13. The molecule has 2 aromatic heterocycles. The average Bonchev–Trinajstić information content (AvgIpc) is 2.95. The van der Waals surface area contributed by atoms with Crippen LogP contribution >= 0.6 is 23.1 Å². The maximum absolute atomic E-state index is 11.8. The molecular formula is C12H13N3O4S2. The van der Waals surface area contributed by atoms with E-state index in [1.54, 1.807) is 10.6 Å². The number of aromatic nitrogens is 2. The van der Waals surface area contributed by atoms with Crippen LogP contribution < -0.4 is 5.32 Å². The molecule has 1 amide bonds. The minimum absolute atomic E-state index is 0.0115. The van der Waals surface area contributed by atoms with Crippen molar-refractivity contribution in [2.75, 3.05) is 5.75 Å². The lowest BCUT2D eigenvalue weighted by molar-refractivity contribution is -0.145. The second-order valence-electron chi connectivity index (χ2n) is 4.74. The van der Waals surface area contributed by atoms with E-state index in [0.29, 0.717) is 22.0 Å². The first kappa shape index (κ1) is 15.5. The van der Waals surface area contributed by atoms with Crippen LogP contribution in [0.15, 0.2) is 16.6 Å². The van der Waals surface area contributed by atoms with E-state index in [-0.39, 0.29) is 5.75 Å². The number of carboxylic acid groups (broad SMARTS) is 1. The quantitative estimate of drug-likeness (QED) is 0.612. The fourth-order valence-electron chi connectivity index (χ4n) is 1.57. The second-order valence-corrected chi connectivity index (χ2v) is 6.58. The van der Waals surface area contributed by atoms with Crippen LogP contribution in [0.25, 0.3) is 4.96 Å². The molecule has 0 aromatic carbocycles. The molecule has 2 heterocycles. The number of nitrogens with zero attached hydrogens (tertiary/aromatic N) is 2. The summed E-state index contributed by atoms with van der Waals surface area (Å²) in [6.45, 7) is 2.81. The normalized spacial score (nSPS) is 11.5. The molecule has 21 heavy (non-hydrogen) atoms. The van der Waals surface area contributed by atoms with Crippen molar-refractivity contribution in [1.29, 1.82) is 0 Å². The molecule has 0 aliphatic rings. The Morgan fingerprint density at radius 3 is 2.90 bits per heavy atom. The third kappa shape index (κ3) is 3.24.